The summed E-state index contributed by atoms with van der Waals surface area (Å²) in [6.45, 7) is 3.84. The van der Waals surface area contributed by atoms with Crippen molar-refractivity contribution < 1.29 is 14.3 Å². The van der Waals surface area contributed by atoms with Gasteiger partial charge in [0.2, 0.25) is 11.8 Å². The number of piperazine rings is 1. The smallest absolute Gasteiger partial charge is 0.255 e. The highest BCUT2D eigenvalue weighted by molar-refractivity contribution is 5.94. The third-order valence-electron chi connectivity index (χ3n) is 3.20. The van der Waals surface area contributed by atoms with E-state index in [0.29, 0.717) is 37.6 Å². The second-order valence-corrected chi connectivity index (χ2v) is 4.39. The first-order chi connectivity index (χ1) is 9.11. The maximum atomic E-state index is 12.2. The van der Waals surface area contributed by atoms with Crippen LogP contribution in [0.25, 0.3) is 0 Å². The van der Waals surface area contributed by atoms with Crippen molar-refractivity contribution in [2.75, 3.05) is 33.3 Å². The Bertz CT molecular complexity index is 465. The van der Waals surface area contributed by atoms with Crippen molar-refractivity contribution in [3.63, 3.8) is 0 Å². The fourth-order valence-corrected chi connectivity index (χ4v) is 2.03. The van der Waals surface area contributed by atoms with Gasteiger partial charge in [-0.15, -0.1) is 0 Å². The highest BCUT2D eigenvalue weighted by Crippen LogP contribution is 2.11. The van der Waals surface area contributed by atoms with Gasteiger partial charge in [0.25, 0.3) is 5.91 Å². The molecular weight excluding hydrogens is 246 g/mol. The molecule has 19 heavy (non-hydrogen) atoms. The standard InChI is InChI=1S/C13H17N3O3/c1-10(17)15-5-7-16(8-6-15)13(18)11-3-4-12(19-2)14-9-11/h3-4,9H,5-8H2,1-2H3. The zero-order valence-corrected chi connectivity index (χ0v) is 11.1. The number of carbonyl (C=O) groups excluding carboxylic acids is 2. The van der Waals surface area contributed by atoms with Crippen molar-refractivity contribution in [2.45, 2.75) is 6.92 Å². The number of hydrogen-bond donors (Lipinski definition) is 0. The van der Waals surface area contributed by atoms with Crippen molar-refractivity contribution in [3.05, 3.63) is 23.9 Å². The fourth-order valence-electron chi connectivity index (χ4n) is 2.03. The maximum absolute atomic E-state index is 12.2. The Morgan fingerprint density at radius 1 is 1.16 bits per heavy atom. The van der Waals surface area contributed by atoms with Crippen LogP contribution in [-0.2, 0) is 4.79 Å². The Balaban J connectivity index is 1.98. The molecule has 6 heteroatoms. The molecule has 0 radical (unpaired) electrons. The first kappa shape index (κ1) is 13.3. The van der Waals surface area contributed by atoms with Crippen molar-refractivity contribution >= 4 is 11.8 Å². The lowest BCUT2D eigenvalue weighted by Gasteiger charge is -2.34. The van der Waals surface area contributed by atoms with Crippen LogP contribution in [-0.4, -0.2) is 59.9 Å². The summed E-state index contributed by atoms with van der Waals surface area (Å²) in [5.41, 5.74) is 0.539. The molecule has 1 aromatic rings. The number of rotatable bonds is 2. The van der Waals surface area contributed by atoms with Gasteiger partial charge in [0.15, 0.2) is 0 Å². The minimum absolute atomic E-state index is 0.0539. The Morgan fingerprint density at radius 2 is 1.79 bits per heavy atom. The molecular formula is C13H17N3O3. The minimum Gasteiger partial charge on any atom is -0.481 e. The number of methoxy groups -OCH3 is 1. The molecule has 1 aliphatic rings. The van der Waals surface area contributed by atoms with Gasteiger partial charge in [-0.2, -0.15) is 0 Å². The number of pyridine rings is 1. The summed E-state index contributed by atoms with van der Waals surface area (Å²) >= 11 is 0. The zero-order chi connectivity index (χ0) is 13.8. The average Bonchev–Trinajstić information content (AvgIpc) is 2.46. The van der Waals surface area contributed by atoms with E-state index in [1.807, 2.05) is 0 Å². The monoisotopic (exact) mass is 263 g/mol. The van der Waals surface area contributed by atoms with Crippen LogP contribution in [0.4, 0.5) is 0 Å². The van der Waals surface area contributed by atoms with Gasteiger partial charge in [-0.3, -0.25) is 9.59 Å². The molecule has 0 spiro atoms. The van der Waals surface area contributed by atoms with Crippen LogP contribution in [0.3, 0.4) is 0 Å². The van der Waals surface area contributed by atoms with Crippen molar-refractivity contribution in [3.8, 4) is 5.88 Å². The second-order valence-electron chi connectivity index (χ2n) is 4.39. The van der Waals surface area contributed by atoms with Crippen molar-refractivity contribution in [1.29, 1.82) is 0 Å². The molecule has 1 aliphatic heterocycles. The molecule has 0 unspecified atom stereocenters. The van der Waals surface area contributed by atoms with Gasteiger partial charge < -0.3 is 14.5 Å². The van der Waals surface area contributed by atoms with Crippen molar-refractivity contribution in [2.24, 2.45) is 0 Å². The molecule has 0 bridgehead atoms. The molecule has 1 saturated heterocycles. The van der Waals surface area contributed by atoms with E-state index in [-0.39, 0.29) is 11.8 Å². The lowest BCUT2D eigenvalue weighted by molar-refractivity contribution is -0.130. The topological polar surface area (TPSA) is 62.7 Å². The van der Waals surface area contributed by atoms with E-state index in [4.69, 9.17) is 4.74 Å². The van der Waals surface area contributed by atoms with Crippen molar-refractivity contribution in [1.82, 2.24) is 14.8 Å². The molecule has 0 aromatic carbocycles. The number of amides is 2. The van der Waals surface area contributed by atoms with Gasteiger partial charge in [0.1, 0.15) is 0 Å². The Morgan fingerprint density at radius 3 is 2.26 bits per heavy atom. The highest BCUT2D eigenvalue weighted by atomic mass is 16.5. The minimum atomic E-state index is -0.0571. The molecule has 2 heterocycles. The van der Waals surface area contributed by atoms with Crippen LogP contribution in [0.5, 0.6) is 5.88 Å². The molecule has 1 fully saturated rings. The average molecular weight is 263 g/mol. The van der Waals surface area contributed by atoms with Gasteiger partial charge in [0, 0.05) is 45.4 Å². The first-order valence-corrected chi connectivity index (χ1v) is 6.16. The summed E-state index contributed by atoms with van der Waals surface area (Å²) in [4.78, 5) is 30.9. The third-order valence-corrected chi connectivity index (χ3v) is 3.20. The predicted molar refractivity (Wildman–Crippen MR) is 68.9 cm³/mol. The molecule has 0 N–H and O–H groups in total. The third kappa shape index (κ3) is 3.01. The molecule has 102 valence electrons. The largest absolute Gasteiger partial charge is 0.481 e. The lowest BCUT2D eigenvalue weighted by atomic mass is 10.2. The van der Waals surface area contributed by atoms with Crippen LogP contribution in [0.2, 0.25) is 0 Å². The zero-order valence-electron chi connectivity index (χ0n) is 11.1. The van der Waals surface area contributed by atoms with E-state index in [0.717, 1.165) is 0 Å². The summed E-state index contributed by atoms with van der Waals surface area (Å²) in [7, 11) is 1.53. The molecule has 6 nitrogen and oxygen atoms in total. The summed E-state index contributed by atoms with van der Waals surface area (Å²) in [5.74, 6) is 0.481. The molecule has 0 aliphatic carbocycles. The predicted octanol–water partition coefficient (Wildman–Crippen LogP) is 0.394. The normalized spacial score (nSPS) is 15.3. The summed E-state index contributed by atoms with van der Waals surface area (Å²) in [6.07, 6.45) is 1.51. The van der Waals surface area contributed by atoms with Gasteiger partial charge in [0.05, 0.1) is 12.7 Å². The first-order valence-electron chi connectivity index (χ1n) is 6.16. The van der Waals surface area contributed by atoms with Gasteiger partial charge in [-0.25, -0.2) is 4.98 Å². The number of hydrogen-bond acceptors (Lipinski definition) is 4. The molecule has 0 atom stereocenters. The maximum Gasteiger partial charge on any atom is 0.255 e. The van der Waals surface area contributed by atoms with Crippen LogP contribution in [0.1, 0.15) is 17.3 Å². The van der Waals surface area contributed by atoms with E-state index < -0.39 is 0 Å². The highest BCUT2D eigenvalue weighted by Gasteiger charge is 2.23. The van der Waals surface area contributed by atoms with E-state index in [1.54, 1.807) is 28.9 Å². The van der Waals surface area contributed by atoms with Gasteiger partial charge >= 0.3 is 0 Å². The lowest BCUT2D eigenvalue weighted by Crippen LogP contribution is -2.50. The van der Waals surface area contributed by atoms with Crippen LogP contribution < -0.4 is 4.74 Å². The number of carbonyl (C=O) groups is 2. The number of aromatic nitrogens is 1. The number of ether oxygens (including phenoxy) is 1. The molecule has 1 aromatic heterocycles. The Kier molecular flexibility index (Phi) is 3.99. The molecule has 0 saturated carbocycles. The molecule has 2 amide bonds. The Hall–Kier alpha value is -2.11. The SMILES string of the molecule is COc1ccc(C(=O)N2CCN(C(C)=O)CC2)cn1. The van der Waals surface area contributed by atoms with Crippen LogP contribution in [0, 0.1) is 0 Å². The molecule has 2 rings (SSSR count). The fraction of sp³-hybridized carbons (Fsp3) is 0.462. The van der Waals surface area contributed by atoms with Gasteiger partial charge in [-0.1, -0.05) is 0 Å². The van der Waals surface area contributed by atoms with E-state index in [2.05, 4.69) is 4.98 Å². The number of nitrogens with zero attached hydrogens (tertiary/aromatic N) is 3. The summed E-state index contributed by atoms with van der Waals surface area (Å²) < 4.78 is 4.95. The van der Waals surface area contributed by atoms with Crippen LogP contribution >= 0.6 is 0 Å². The van der Waals surface area contributed by atoms with Gasteiger partial charge in [-0.05, 0) is 6.07 Å². The van der Waals surface area contributed by atoms with E-state index in [9.17, 15) is 9.59 Å². The second kappa shape index (κ2) is 5.69. The van der Waals surface area contributed by atoms with E-state index in [1.165, 1.54) is 13.3 Å². The Labute approximate surface area is 112 Å². The summed E-state index contributed by atoms with van der Waals surface area (Å²) in [5, 5.41) is 0. The summed E-state index contributed by atoms with van der Waals surface area (Å²) in [6, 6.07) is 3.37. The quantitative estimate of drug-likeness (QED) is 0.774. The van der Waals surface area contributed by atoms with E-state index >= 15 is 0 Å². The van der Waals surface area contributed by atoms with Crippen LogP contribution in [0.15, 0.2) is 18.3 Å².